The summed E-state index contributed by atoms with van der Waals surface area (Å²) in [5.74, 6) is 0.161. The van der Waals surface area contributed by atoms with Crippen LogP contribution >= 0.6 is 0 Å². The summed E-state index contributed by atoms with van der Waals surface area (Å²) in [5.41, 5.74) is 1.60. The standard InChI is InChI=1S/C15H24N4O/c1-11-12(10-18(2)17-11)15(20)19-9-4-3-7-14(19)13-6-5-8-16-13/h10,13-14,16H,3-9H2,1-2H3. The molecule has 20 heavy (non-hydrogen) atoms. The van der Waals surface area contributed by atoms with Crippen LogP contribution in [0, 0.1) is 6.92 Å². The minimum Gasteiger partial charge on any atom is -0.334 e. The Kier molecular flexibility index (Phi) is 3.78. The lowest BCUT2D eigenvalue weighted by Gasteiger charge is -2.39. The quantitative estimate of drug-likeness (QED) is 0.890. The molecular formula is C15H24N4O. The average molecular weight is 276 g/mol. The van der Waals surface area contributed by atoms with E-state index in [2.05, 4.69) is 15.3 Å². The number of nitrogens with one attached hydrogen (secondary N) is 1. The van der Waals surface area contributed by atoms with E-state index in [9.17, 15) is 4.79 Å². The predicted octanol–water partition coefficient (Wildman–Crippen LogP) is 1.48. The van der Waals surface area contributed by atoms with Crippen molar-refractivity contribution >= 4 is 5.91 Å². The molecule has 110 valence electrons. The number of hydrogen-bond donors (Lipinski definition) is 1. The fraction of sp³-hybridized carbons (Fsp3) is 0.733. The minimum atomic E-state index is 0.161. The highest BCUT2D eigenvalue weighted by atomic mass is 16.2. The molecule has 3 heterocycles. The normalized spacial score (nSPS) is 27.0. The lowest BCUT2D eigenvalue weighted by Crippen LogP contribution is -2.52. The Balaban J connectivity index is 1.82. The van der Waals surface area contributed by atoms with Gasteiger partial charge in [-0.15, -0.1) is 0 Å². The number of aromatic nitrogens is 2. The number of amides is 1. The van der Waals surface area contributed by atoms with Gasteiger partial charge in [0.15, 0.2) is 0 Å². The molecule has 0 radical (unpaired) electrons. The van der Waals surface area contributed by atoms with Crippen LogP contribution in [0.4, 0.5) is 0 Å². The van der Waals surface area contributed by atoms with Crippen molar-refractivity contribution in [1.29, 1.82) is 0 Å². The van der Waals surface area contributed by atoms with E-state index >= 15 is 0 Å². The molecule has 1 amide bonds. The summed E-state index contributed by atoms with van der Waals surface area (Å²) in [5, 5.41) is 7.87. The highest BCUT2D eigenvalue weighted by Gasteiger charge is 2.35. The first-order valence-electron chi connectivity index (χ1n) is 7.71. The number of hydrogen-bond acceptors (Lipinski definition) is 3. The molecule has 0 bridgehead atoms. The Labute approximate surface area is 120 Å². The Bertz CT molecular complexity index is 490. The summed E-state index contributed by atoms with van der Waals surface area (Å²) in [6.07, 6.45) is 7.76. The summed E-state index contributed by atoms with van der Waals surface area (Å²) in [4.78, 5) is 14.9. The summed E-state index contributed by atoms with van der Waals surface area (Å²) in [7, 11) is 1.87. The summed E-state index contributed by atoms with van der Waals surface area (Å²) in [6.45, 7) is 3.89. The van der Waals surface area contributed by atoms with Crippen molar-refractivity contribution in [1.82, 2.24) is 20.0 Å². The van der Waals surface area contributed by atoms with Gasteiger partial charge in [-0.25, -0.2) is 0 Å². The first-order chi connectivity index (χ1) is 9.66. The fourth-order valence-corrected chi connectivity index (χ4v) is 3.63. The largest absolute Gasteiger partial charge is 0.334 e. The SMILES string of the molecule is Cc1nn(C)cc1C(=O)N1CCCCC1C1CCCN1. The molecule has 2 unspecified atom stereocenters. The zero-order valence-corrected chi connectivity index (χ0v) is 12.4. The molecule has 2 atom stereocenters. The molecule has 0 spiro atoms. The lowest BCUT2D eigenvalue weighted by atomic mass is 9.94. The van der Waals surface area contributed by atoms with Gasteiger partial charge in [0, 0.05) is 31.9 Å². The van der Waals surface area contributed by atoms with Crippen molar-refractivity contribution in [3.8, 4) is 0 Å². The maximum atomic E-state index is 12.8. The van der Waals surface area contributed by atoms with E-state index in [1.54, 1.807) is 4.68 Å². The lowest BCUT2D eigenvalue weighted by molar-refractivity contribution is 0.0563. The summed E-state index contributed by atoms with van der Waals surface area (Å²) < 4.78 is 1.73. The second-order valence-electron chi connectivity index (χ2n) is 6.07. The van der Waals surface area contributed by atoms with Gasteiger partial charge in [0.2, 0.25) is 0 Å². The molecule has 2 saturated heterocycles. The highest BCUT2D eigenvalue weighted by molar-refractivity contribution is 5.95. The van der Waals surface area contributed by atoms with Gasteiger partial charge in [-0.2, -0.15) is 5.10 Å². The van der Waals surface area contributed by atoms with Crippen LogP contribution in [0.15, 0.2) is 6.20 Å². The van der Waals surface area contributed by atoms with E-state index in [1.807, 2.05) is 20.2 Å². The molecule has 2 fully saturated rings. The summed E-state index contributed by atoms with van der Waals surface area (Å²) in [6, 6.07) is 0.842. The van der Waals surface area contributed by atoms with Crippen molar-refractivity contribution in [2.24, 2.45) is 7.05 Å². The van der Waals surface area contributed by atoms with Crippen molar-refractivity contribution in [3.63, 3.8) is 0 Å². The van der Waals surface area contributed by atoms with Crippen LogP contribution in [0.25, 0.3) is 0 Å². The van der Waals surface area contributed by atoms with Crippen molar-refractivity contribution < 1.29 is 4.79 Å². The van der Waals surface area contributed by atoms with E-state index in [0.717, 1.165) is 37.2 Å². The molecule has 5 heteroatoms. The van der Waals surface area contributed by atoms with E-state index in [1.165, 1.54) is 19.3 Å². The molecule has 2 aliphatic heterocycles. The molecule has 5 nitrogen and oxygen atoms in total. The first kappa shape index (κ1) is 13.6. The second-order valence-corrected chi connectivity index (χ2v) is 6.07. The Morgan fingerprint density at radius 1 is 1.35 bits per heavy atom. The third kappa shape index (κ3) is 2.46. The maximum absolute atomic E-state index is 12.8. The molecule has 0 aromatic carbocycles. The average Bonchev–Trinajstić information content (AvgIpc) is 3.07. The molecular weight excluding hydrogens is 252 g/mol. The van der Waals surface area contributed by atoms with Crippen LogP contribution in [0.3, 0.4) is 0 Å². The van der Waals surface area contributed by atoms with Crippen LogP contribution in [-0.4, -0.2) is 45.8 Å². The van der Waals surface area contributed by atoms with Crippen LogP contribution in [0.2, 0.25) is 0 Å². The van der Waals surface area contributed by atoms with Gasteiger partial charge in [-0.3, -0.25) is 9.48 Å². The number of carbonyl (C=O) groups excluding carboxylic acids is 1. The Hall–Kier alpha value is -1.36. The zero-order chi connectivity index (χ0) is 14.1. The van der Waals surface area contributed by atoms with Gasteiger partial charge >= 0.3 is 0 Å². The number of rotatable bonds is 2. The van der Waals surface area contributed by atoms with Gasteiger partial charge in [0.25, 0.3) is 5.91 Å². The van der Waals surface area contributed by atoms with Gasteiger partial charge in [0.1, 0.15) is 0 Å². The molecule has 2 aliphatic rings. The van der Waals surface area contributed by atoms with Crippen molar-refractivity contribution in [2.75, 3.05) is 13.1 Å². The predicted molar refractivity (Wildman–Crippen MR) is 77.6 cm³/mol. The van der Waals surface area contributed by atoms with Crippen LogP contribution < -0.4 is 5.32 Å². The molecule has 1 N–H and O–H groups in total. The smallest absolute Gasteiger partial charge is 0.257 e. The Morgan fingerprint density at radius 3 is 2.85 bits per heavy atom. The van der Waals surface area contributed by atoms with Gasteiger partial charge in [-0.1, -0.05) is 0 Å². The van der Waals surface area contributed by atoms with Crippen LogP contribution in [0.5, 0.6) is 0 Å². The topological polar surface area (TPSA) is 50.2 Å². The van der Waals surface area contributed by atoms with Crippen molar-refractivity contribution in [3.05, 3.63) is 17.5 Å². The van der Waals surface area contributed by atoms with Gasteiger partial charge < -0.3 is 10.2 Å². The Morgan fingerprint density at radius 2 is 2.20 bits per heavy atom. The van der Waals surface area contributed by atoms with E-state index in [0.29, 0.717) is 12.1 Å². The molecule has 0 saturated carbocycles. The van der Waals surface area contributed by atoms with E-state index in [-0.39, 0.29) is 5.91 Å². The number of likely N-dealkylation sites (tertiary alicyclic amines) is 1. The highest BCUT2D eigenvalue weighted by Crippen LogP contribution is 2.26. The zero-order valence-electron chi connectivity index (χ0n) is 12.4. The second kappa shape index (κ2) is 5.56. The molecule has 3 rings (SSSR count). The molecule has 0 aliphatic carbocycles. The van der Waals surface area contributed by atoms with Gasteiger partial charge in [-0.05, 0) is 45.6 Å². The van der Waals surface area contributed by atoms with E-state index in [4.69, 9.17) is 0 Å². The third-order valence-corrected chi connectivity index (χ3v) is 4.62. The number of aryl methyl sites for hydroxylation is 2. The maximum Gasteiger partial charge on any atom is 0.257 e. The molecule has 1 aromatic heterocycles. The van der Waals surface area contributed by atoms with E-state index < -0.39 is 0 Å². The monoisotopic (exact) mass is 276 g/mol. The van der Waals surface area contributed by atoms with Crippen LogP contribution in [-0.2, 0) is 7.05 Å². The number of nitrogens with zero attached hydrogens (tertiary/aromatic N) is 3. The van der Waals surface area contributed by atoms with Crippen molar-refractivity contribution in [2.45, 2.75) is 51.1 Å². The fourth-order valence-electron chi connectivity index (χ4n) is 3.63. The molecule has 1 aromatic rings. The van der Waals surface area contributed by atoms with Crippen LogP contribution in [0.1, 0.15) is 48.2 Å². The summed E-state index contributed by atoms with van der Waals surface area (Å²) >= 11 is 0. The number of carbonyl (C=O) groups is 1. The minimum absolute atomic E-state index is 0.161. The van der Waals surface area contributed by atoms with Gasteiger partial charge in [0.05, 0.1) is 11.3 Å². The number of piperidine rings is 1. The first-order valence-corrected chi connectivity index (χ1v) is 7.71. The third-order valence-electron chi connectivity index (χ3n) is 4.62.